The van der Waals surface area contributed by atoms with Crippen molar-refractivity contribution in [3.05, 3.63) is 134 Å². The SMILES string of the molecule is O=C(OCc1ccccc1)c1c(Br)c(=O)c(OCc2ccccc2)cn1Cc1ccccc1. The molecule has 0 unspecified atom stereocenters. The number of rotatable bonds is 8. The highest BCUT2D eigenvalue weighted by atomic mass is 79.9. The Morgan fingerprint density at radius 3 is 1.85 bits per heavy atom. The van der Waals surface area contributed by atoms with Gasteiger partial charge in [0.25, 0.3) is 0 Å². The summed E-state index contributed by atoms with van der Waals surface area (Å²) in [5, 5.41) is 0. The van der Waals surface area contributed by atoms with Crippen LogP contribution in [0.3, 0.4) is 0 Å². The maximum Gasteiger partial charge on any atom is 0.356 e. The number of esters is 1. The van der Waals surface area contributed by atoms with Crippen LogP contribution >= 0.6 is 15.9 Å². The summed E-state index contributed by atoms with van der Waals surface area (Å²) in [6.45, 7) is 0.723. The number of aromatic nitrogens is 1. The minimum absolute atomic E-state index is 0.109. The number of pyridine rings is 1. The number of halogens is 1. The molecule has 0 N–H and O–H groups in total. The number of hydrogen-bond acceptors (Lipinski definition) is 4. The molecule has 0 spiro atoms. The van der Waals surface area contributed by atoms with Crippen molar-refractivity contribution >= 4 is 21.9 Å². The van der Waals surface area contributed by atoms with Crippen molar-refractivity contribution in [3.63, 3.8) is 0 Å². The second kappa shape index (κ2) is 10.8. The van der Waals surface area contributed by atoms with Gasteiger partial charge < -0.3 is 14.0 Å². The molecular formula is C27H22BrNO4. The molecule has 0 aliphatic heterocycles. The third-order valence-electron chi connectivity index (χ3n) is 5.03. The van der Waals surface area contributed by atoms with E-state index in [-0.39, 0.29) is 29.1 Å². The largest absolute Gasteiger partial charge is 0.483 e. The Morgan fingerprint density at radius 2 is 1.27 bits per heavy atom. The molecule has 5 nitrogen and oxygen atoms in total. The first-order chi connectivity index (χ1) is 16.1. The Hall–Kier alpha value is -3.64. The predicted molar refractivity (Wildman–Crippen MR) is 130 cm³/mol. The minimum atomic E-state index is -0.589. The van der Waals surface area contributed by atoms with Crippen molar-refractivity contribution < 1.29 is 14.3 Å². The van der Waals surface area contributed by atoms with Crippen molar-refractivity contribution in [2.45, 2.75) is 19.8 Å². The van der Waals surface area contributed by atoms with Gasteiger partial charge in [0.05, 0.1) is 6.20 Å². The second-order valence-corrected chi connectivity index (χ2v) is 8.23. The maximum atomic E-state index is 13.0. The molecule has 0 aliphatic rings. The van der Waals surface area contributed by atoms with E-state index in [0.29, 0.717) is 6.54 Å². The molecule has 3 aromatic carbocycles. The number of carbonyl (C=O) groups excluding carboxylic acids is 1. The Bertz CT molecular complexity index is 1270. The van der Waals surface area contributed by atoms with E-state index < -0.39 is 11.4 Å². The summed E-state index contributed by atoms with van der Waals surface area (Å²) in [4.78, 5) is 26.0. The highest BCUT2D eigenvalue weighted by Crippen LogP contribution is 2.21. The minimum Gasteiger partial charge on any atom is -0.483 e. The number of carbonyl (C=O) groups is 1. The van der Waals surface area contributed by atoms with E-state index in [9.17, 15) is 9.59 Å². The Kier molecular flexibility index (Phi) is 7.37. The van der Waals surface area contributed by atoms with Gasteiger partial charge in [-0.3, -0.25) is 4.79 Å². The van der Waals surface area contributed by atoms with Crippen molar-refractivity contribution in [3.8, 4) is 5.75 Å². The average Bonchev–Trinajstić information content (AvgIpc) is 2.86. The molecular weight excluding hydrogens is 482 g/mol. The van der Waals surface area contributed by atoms with Crippen molar-refractivity contribution in [1.82, 2.24) is 4.57 Å². The summed E-state index contributed by atoms with van der Waals surface area (Å²) in [5.74, 6) is -0.436. The summed E-state index contributed by atoms with van der Waals surface area (Å²) >= 11 is 3.33. The highest BCUT2D eigenvalue weighted by Gasteiger charge is 2.22. The molecule has 0 fully saturated rings. The van der Waals surface area contributed by atoms with Gasteiger partial charge in [-0.1, -0.05) is 91.0 Å². The van der Waals surface area contributed by atoms with Crippen LogP contribution in [0.25, 0.3) is 0 Å². The molecule has 0 amide bonds. The van der Waals surface area contributed by atoms with Crippen LogP contribution in [0.1, 0.15) is 27.2 Å². The summed E-state index contributed by atoms with van der Waals surface area (Å²) in [7, 11) is 0. The van der Waals surface area contributed by atoms with Gasteiger partial charge in [-0.25, -0.2) is 4.79 Å². The van der Waals surface area contributed by atoms with Gasteiger partial charge in [0.1, 0.15) is 23.4 Å². The van der Waals surface area contributed by atoms with Gasteiger partial charge in [-0.05, 0) is 32.6 Å². The van der Waals surface area contributed by atoms with Gasteiger partial charge in [0, 0.05) is 6.54 Å². The fraction of sp³-hybridized carbons (Fsp3) is 0.111. The van der Waals surface area contributed by atoms with Crippen LogP contribution in [0.5, 0.6) is 5.75 Å². The second-order valence-electron chi connectivity index (χ2n) is 7.43. The molecule has 0 aliphatic carbocycles. The third-order valence-corrected chi connectivity index (χ3v) is 5.77. The molecule has 0 saturated heterocycles. The molecule has 0 radical (unpaired) electrons. The van der Waals surface area contributed by atoms with Crippen LogP contribution in [-0.2, 0) is 24.5 Å². The average molecular weight is 504 g/mol. The lowest BCUT2D eigenvalue weighted by Crippen LogP contribution is -2.23. The first-order valence-corrected chi connectivity index (χ1v) is 11.3. The van der Waals surface area contributed by atoms with Gasteiger partial charge in [0.15, 0.2) is 5.75 Å². The monoisotopic (exact) mass is 503 g/mol. The van der Waals surface area contributed by atoms with Crippen LogP contribution in [0.15, 0.2) is 106 Å². The number of hydrogen-bond donors (Lipinski definition) is 0. The smallest absolute Gasteiger partial charge is 0.356 e. The fourth-order valence-electron chi connectivity index (χ4n) is 3.35. The lowest BCUT2D eigenvalue weighted by atomic mass is 10.2. The molecule has 33 heavy (non-hydrogen) atoms. The molecule has 1 aromatic heterocycles. The van der Waals surface area contributed by atoms with Gasteiger partial charge in [-0.2, -0.15) is 0 Å². The number of benzene rings is 3. The van der Waals surface area contributed by atoms with Crippen LogP contribution < -0.4 is 10.2 Å². The number of ether oxygens (including phenoxy) is 2. The first-order valence-electron chi connectivity index (χ1n) is 10.5. The Labute approximate surface area is 200 Å². The molecule has 4 rings (SSSR count). The van der Waals surface area contributed by atoms with E-state index in [2.05, 4.69) is 15.9 Å². The quantitative estimate of drug-likeness (QED) is 0.294. The lowest BCUT2D eigenvalue weighted by molar-refractivity contribution is 0.0457. The highest BCUT2D eigenvalue weighted by molar-refractivity contribution is 9.10. The summed E-state index contributed by atoms with van der Waals surface area (Å²) in [6, 6.07) is 28.7. The van der Waals surface area contributed by atoms with E-state index in [4.69, 9.17) is 9.47 Å². The molecule has 166 valence electrons. The normalized spacial score (nSPS) is 10.6. The van der Waals surface area contributed by atoms with Crippen molar-refractivity contribution in [2.24, 2.45) is 0 Å². The van der Waals surface area contributed by atoms with E-state index in [0.717, 1.165) is 16.7 Å². The van der Waals surface area contributed by atoms with Gasteiger partial charge >= 0.3 is 5.97 Å². The van der Waals surface area contributed by atoms with E-state index in [1.807, 2.05) is 91.0 Å². The van der Waals surface area contributed by atoms with Gasteiger partial charge in [-0.15, -0.1) is 0 Å². The zero-order valence-corrected chi connectivity index (χ0v) is 19.4. The Balaban J connectivity index is 1.65. The van der Waals surface area contributed by atoms with E-state index in [1.165, 1.54) is 0 Å². The molecule has 4 aromatic rings. The van der Waals surface area contributed by atoms with Crippen LogP contribution in [0.4, 0.5) is 0 Å². The fourth-order valence-corrected chi connectivity index (χ4v) is 3.93. The molecule has 0 saturated carbocycles. The summed E-state index contributed by atoms with van der Waals surface area (Å²) in [6.07, 6.45) is 1.57. The summed E-state index contributed by atoms with van der Waals surface area (Å²) < 4.78 is 13.2. The van der Waals surface area contributed by atoms with E-state index >= 15 is 0 Å². The molecule has 0 bridgehead atoms. The van der Waals surface area contributed by atoms with Crippen LogP contribution in [0, 0.1) is 0 Å². The first kappa shape index (κ1) is 22.6. The Morgan fingerprint density at radius 1 is 0.758 bits per heavy atom. The predicted octanol–water partition coefficient (Wildman–Crippen LogP) is 5.60. The number of nitrogens with zero attached hydrogens (tertiary/aromatic N) is 1. The topological polar surface area (TPSA) is 57.5 Å². The van der Waals surface area contributed by atoms with Crippen LogP contribution in [-0.4, -0.2) is 10.5 Å². The maximum absolute atomic E-state index is 13.0. The van der Waals surface area contributed by atoms with Crippen molar-refractivity contribution in [2.75, 3.05) is 0 Å². The standard InChI is InChI=1S/C27H22BrNO4/c28-24-25(27(31)33-19-22-14-8-3-9-15-22)29(16-20-10-4-1-5-11-20)17-23(26(24)30)32-18-21-12-6-2-7-13-21/h1-15,17H,16,18-19H2. The van der Waals surface area contributed by atoms with Crippen molar-refractivity contribution in [1.29, 1.82) is 0 Å². The zero-order valence-electron chi connectivity index (χ0n) is 17.8. The summed E-state index contributed by atoms with van der Waals surface area (Å²) in [5.41, 5.74) is 2.52. The lowest BCUT2D eigenvalue weighted by Gasteiger charge is -2.17. The molecule has 0 atom stereocenters. The third kappa shape index (κ3) is 5.79. The molecule has 1 heterocycles. The zero-order chi connectivity index (χ0) is 23.0. The van der Waals surface area contributed by atoms with E-state index in [1.54, 1.807) is 10.8 Å². The molecule has 6 heteroatoms. The van der Waals surface area contributed by atoms with Crippen LogP contribution in [0.2, 0.25) is 0 Å². The van der Waals surface area contributed by atoms with Gasteiger partial charge in [0.2, 0.25) is 5.43 Å².